The molecule has 0 amide bonds. The molecule has 0 spiro atoms. The molecule has 0 radical (unpaired) electrons. The third-order valence-corrected chi connectivity index (χ3v) is 11.0. The molecule has 0 aliphatic carbocycles. The van der Waals surface area contributed by atoms with E-state index in [4.69, 9.17) is 21.3 Å². The van der Waals surface area contributed by atoms with E-state index < -0.39 is 0 Å². The van der Waals surface area contributed by atoms with Gasteiger partial charge in [-0.15, -0.1) is 0 Å². The van der Waals surface area contributed by atoms with Crippen LogP contribution in [-0.4, -0.2) is 10.5 Å². The van der Waals surface area contributed by atoms with E-state index in [0.717, 1.165) is 11.4 Å². The van der Waals surface area contributed by atoms with Gasteiger partial charge in [0.25, 0.3) is 0 Å². The predicted molar refractivity (Wildman–Crippen MR) is 154 cm³/mol. The van der Waals surface area contributed by atoms with Gasteiger partial charge in [0, 0.05) is 21.2 Å². The van der Waals surface area contributed by atoms with E-state index in [1.54, 1.807) is 21.6 Å². The van der Waals surface area contributed by atoms with Crippen molar-refractivity contribution in [1.29, 1.82) is 0 Å². The Labute approximate surface area is 221 Å². The highest BCUT2D eigenvalue weighted by Gasteiger charge is 2.18. The Morgan fingerprint density at radius 3 is 1.71 bits per heavy atom. The third kappa shape index (κ3) is 8.67. The van der Waals surface area contributed by atoms with Crippen LogP contribution in [0.2, 0.25) is 5.02 Å². The van der Waals surface area contributed by atoms with E-state index in [9.17, 15) is 0 Å². The van der Waals surface area contributed by atoms with E-state index in [2.05, 4.69) is 48.5 Å². The maximum Gasteiger partial charge on any atom is 0.197 e. The van der Waals surface area contributed by atoms with E-state index >= 15 is 0 Å². The second-order valence-corrected chi connectivity index (χ2v) is 12.7. The number of halogens is 1. The normalized spacial score (nSPS) is 11.5. The van der Waals surface area contributed by atoms with Gasteiger partial charge in [0.2, 0.25) is 0 Å². The summed E-state index contributed by atoms with van der Waals surface area (Å²) in [4.78, 5) is 7.29. The van der Waals surface area contributed by atoms with Crippen LogP contribution in [0.15, 0.2) is 130 Å². The van der Waals surface area contributed by atoms with Gasteiger partial charge in [0.05, 0.1) is 10.3 Å². The van der Waals surface area contributed by atoms with Gasteiger partial charge >= 0.3 is 0 Å². The summed E-state index contributed by atoms with van der Waals surface area (Å²) in [7, 11) is 7.19. The molecule has 0 unspecified atom stereocenters. The zero-order valence-electron chi connectivity index (χ0n) is 18.1. The molecule has 0 aromatic heterocycles. The standard InChI is InChI=1S/C27H22ClNOS4/c28-21-16-18-22(19-17-21)29-26(30-23-10-4-1-5-11-23)20-27(33-31-24-12-6-2-7-13-24)34-32-25-14-8-3-9-15-25/h1-19,27H,20H2/b29-26-. The lowest BCUT2D eigenvalue weighted by Crippen LogP contribution is -2.13. The first-order valence-electron chi connectivity index (χ1n) is 10.6. The largest absolute Gasteiger partial charge is 0.443 e. The summed E-state index contributed by atoms with van der Waals surface area (Å²) < 4.78 is 6.45. The lowest BCUT2D eigenvalue weighted by Gasteiger charge is -2.17. The molecule has 0 atom stereocenters. The molecule has 0 fully saturated rings. The van der Waals surface area contributed by atoms with E-state index in [1.165, 1.54) is 9.79 Å². The van der Waals surface area contributed by atoms with Crippen molar-refractivity contribution in [1.82, 2.24) is 0 Å². The molecule has 2 nitrogen and oxygen atoms in total. The molecule has 0 aliphatic rings. The SMILES string of the molecule is Clc1ccc(/N=C(/CC(SSc2ccccc2)SSc2ccccc2)Oc2ccccc2)cc1. The van der Waals surface area contributed by atoms with Crippen LogP contribution in [-0.2, 0) is 0 Å². The van der Waals surface area contributed by atoms with Gasteiger partial charge in [0.15, 0.2) is 5.90 Å². The van der Waals surface area contributed by atoms with Crippen molar-refractivity contribution < 1.29 is 4.74 Å². The van der Waals surface area contributed by atoms with Gasteiger partial charge in [-0.1, -0.05) is 109 Å². The molecule has 0 N–H and O–H groups in total. The van der Waals surface area contributed by atoms with E-state index in [1.807, 2.05) is 88.3 Å². The molecular weight excluding hydrogens is 518 g/mol. The fraction of sp³-hybridized carbons (Fsp3) is 0.0741. The van der Waals surface area contributed by atoms with Crippen LogP contribution in [0.4, 0.5) is 5.69 Å². The lowest BCUT2D eigenvalue weighted by molar-refractivity contribution is 0.535. The summed E-state index contributed by atoms with van der Waals surface area (Å²) in [6.07, 6.45) is 0.659. The molecule has 7 heteroatoms. The minimum absolute atomic E-state index is 0.199. The number of nitrogens with zero attached hydrogens (tertiary/aromatic N) is 1. The van der Waals surface area contributed by atoms with Crippen LogP contribution in [0.1, 0.15) is 6.42 Å². The summed E-state index contributed by atoms with van der Waals surface area (Å²) in [5.74, 6) is 1.44. The first-order chi connectivity index (χ1) is 16.7. The lowest BCUT2D eigenvalue weighted by atomic mass is 10.3. The van der Waals surface area contributed by atoms with Crippen LogP contribution in [0, 0.1) is 0 Å². The van der Waals surface area contributed by atoms with Crippen molar-refractivity contribution in [2.75, 3.05) is 0 Å². The second-order valence-electron chi connectivity index (χ2n) is 7.02. The maximum absolute atomic E-state index is 6.26. The van der Waals surface area contributed by atoms with Crippen LogP contribution >= 0.6 is 54.8 Å². The highest BCUT2D eigenvalue weighted by molar-refractivity contribution is 8.85. The highest BCUT2D eigenvalue weighted by Crippen LogP contribution is 2.47. The summed E-state index contributed by atoms with van der Waals surface area (Å²) in [5.41, 5.74) is 0.815. The number of benzene rings is 4. The zero-order chi connectivity index (χ0) is 23.4. The van der Waals surface area contributed by atoms with Gasteiger partial charge in [-0.3, -0.25) is 0 Å². The smallest absolute Gasteiger partial charge is 0.197 e. The first kappa shape index (κ1) is 25.1. The minimum Gasteiger partial charge on any atom is -0.443 e. The topological polar surface area (TPSA) is 21.6 Å². The number of hydrogen-bond donors (Lipinski definition) is 0. The summed E-state index contributed by atoms with van der Waals surface area (Å²) in [5, 5.41) is 0.687. The molecule has 0 heterocycles. The Morgan fingerprint density at radius 1 is 0.676 bits per heavy atom. The van der Waals surface area contributed by atoms with Crippen molar-refractivity contribution >= 4 is 66.4 Å². The zero-order valence-corrected chi connectivity index (χ0v) is 22.1. The van der Waals surface area contributed by atoms with Crippen LogP contribution in [0.25, 0.3) is 0 Å². The molecule has 4 aromatic rings. The average Bonchev–Trinajstić information content (AvgIpc) is 2.89. The molecule has 34 heavy (non-hydrogen) atoms. The summed E-state index contributed by atoms with van der Waals surface area (Å²) in [6, 6.07) is 38.2. The number of rotatable bonds is 10. The van der Waals surface area contributed by atoms with E-state index in [0.29, 0.717) is 17.3 Å². The average molecular weight is 540 g/mol. The number of ether oxygens (including phenoxy) is 1. The highest BCUT2D eigenvalue weighted by atomic mass is 35.5. The van der Waals surface area contributed by atoms with Crippen molar-refractivity contribution in [2.45, 2.75) is 20.8 Å². The Morgan fingerprint density at radius 2 is 1.18 bits per heavy atom. The quantitative estimate of drug-likeness (QED) is 0.0862. The Bertz CT molecular complexity index is 1120. The first-order valence-corrected chi connectivity index (χ1v) is 15.4. The van der Waals surface area contributed by atoms with Crippen molar-refractivity contribution in [3.05, 3.63) is 120 Å². The van der Waals surface area contributed by atoms with Gasteiger partial charge in [-0.25, -0.2) is 4.99 Å². The molecule has 4 rings (SSSR count). The summed E-state index contributed by atoms with van der Waals surface area (Å²) >= 11 is 6.07. The maximum atomic E-state index is 6.26. The molecule has 0 saturated heterocycles. The Hall–Kier alpha value is -1.96. The monoisotopic (exact) mass is 539 g/mol. The predicted octanol–water partition coefficient (Wildman–Crippen LogP) is 10.0. The fourth-order valence-corrected chi connectivity index (χ4v) is 8.69. The minimum atomic E-state index is 0.199. The molecule has 0 saturated carbocycles. The number of aliphatic imine (C=N–C) groups is 1. The molecule has 0 aliphatic heterocycles. The molecule has 4 aromatic carbocycles. The van der Waals surface area contributed by atoms with Gasteiger partial charge in [0.1, 0.15) is 5.75 Å². The van der Waals surface area contributed by atoms with Crippen LogP contribution in [0.3, 0.4) is 0 Å². The fourth-order valence-electron chi connectivity index (χ4n) is 2.79. The van der Waals surface area contributed by atoms with Crippen molar-refractivity contribution in [2.24, 2.45) is 4.99 Å². The third-order valence-electron chi connectivity index (χ3n) is 4.39. The van der Waals surface area contributed by atoms with Crippen LogP contribution in [0.5, 0.6) is 5.75 Å². The van der Waals surface area contributed by atoms with Crippen molar-refractivity contribution in [3.8, 4) is 5.75 Å². The number of para-hydroxylation sites is 1. The second kappa shape index (κ2) is 13.8. The Kier molecular flexibility index (Phi) is 10.2. The van der Waals surface area contributed by atoms with Crippen LogP contribution < -0.4 is 4.74 Å². The van der Waals surface area contributed by atoms with E-state index in [-0.39, 0.29) is 4.58 Å². The van der Waals surface area contributed by atoms with Gasteiger partial charge < -0.3 is 4.74 Å². The van der Waals surface area contributed by atoms with Crippen molar-refractivity contribution in [3.63, 3.8) is 0 Å². The molecule has 172 valence electrons. The summed E-state index contributed by atoms with van der Waals surface area (Å²) in [6.45, 7) is 0. The Balaban J connectivity index is 1.54. The molecule has 0 bridgehead atoms. The molecular formula is C27H22ClNOS4. The van der Waals surface area contributed by atoms with Gasteiger partial charge in [-0.05, 0) is 60.7 Å². The van der Waals surface area contributed by atoms with Gasteiger partial charge in [-0.2, -0.15) is 0 Å². The number of hydrogen-bond acceptors (Lipinski definition) is 6.